The molecule has 1 amide bonds. The summed E-state index contributed by atoms with van der Waals surface area (Å²) < 4.78 is 5.62. The van der Waals surface area contributed by atoms with Gasteiger partial charge in [0.15, 0.2) is 0 Å². The second-order valence-corrected chi connectivity index (χ2v) is 5.72. The number of carbonyl (C=O) groups is 1. The summed E-state index contributed by atoms with van der Waals surface area (Å²) in [6, 6.07) is 19.0. The lowest BCUT2D eigenvalue weighted by Gasteiger charge is -2.18. The Morgan fingerprint density at radius 1 is 1.08 bits per heavy atom. The number of carbonyl (C=O) groups excluding carboxylic acids is 1. The SMILES string of the molecule is CCOc1ccccc1Nc1cncc(C(=O)N(C)c2ccccc2)c1. The van der Waals surface area contributed by atoms with Gasteiger partial charge in [-0.3, -0.25) is 9.78 Å². The topological polar surface area (TPSA) is 54.5 Å². The van der Waals surface area contributed by atoms with Crippen LogP contribution in [0.25, 0.3) is 0 Å². The fraction of sp³-hybridized carbons (Fsp3) is 0.143. The molecular formula is C21H21N3O2. The lowest BCUT2D eigenvalue weighted by molar-refractivity contribution is 0.0992. The molecule has 132 valence electrons. The molecule has 0 aliphatic rings. The third-order valence-corrected chi connectivity index (χ3v) is 3.90. The Hall–Kier alpha value is -3.34. The summed E-state index contributed by atoms with van der Waals surface area (Å²) in [6.07, 6.45) is 3.25. The monoisotopic (exact) mass is 347 g/mol. The minimum Gasteiger partial charge on any atom is -0.492 e. The summed E-state index contributed by atoms with van der Waals surface area (Å²) in [5.41, 5.74) is 2.90. The number of nitrogens with zero attached hydrogens (tertiary/aromatic N) is 2. The summed E-state index contributed by atoms with van der Waals surface area (Å²) in [7, 11) is 1.75. The van der Waals surface area contributed by atoms with Crippen LogP contribution in [0.3, 0.4) is 0 Å². The Balaban J connectivity index is 1.81. The normalized spacial score (nSPS) is 10.2. The van der Waals surface area contributed by atoms with E-state index in [2.05, 4.69) is 10.3 Å². The second-order valence-electron chi connectivity index (χ2n) is 5.72. The molecule has 0 aliphatic carbocycles. The van der Waals surface area contributed by atoms with E-state index in [4.69, 9.17) is 4.74 Å². The van der Waals surface area contributed by atoms with E-state index >= 15 is 0 Å². The van der Waals surface area contributed by atoms with Gasteiger partial charge >= 0.3 is 0 Å². The minimum absolute atomic E-state index is 0.120. The third-order valence-electron chi connectivity index (χ3n) is 3.90. The van der Waals surface area contributed by atoms with Gasteiger partial charge in [-0.25, -0.2) is 0 Å². The molecule has 0 atom stereocenters. The Morgan fingerprint density at radius 2 is 1.81 bits per heavy atom. The number of hydrogen-bond acceptors (Lipinski definition) is 4. The van der Waals surface area contributed by atoms with Gasteiger partial charge in [0.2, 0.25) is 0 Å². The number of para-hydroxylation sites is 3. The van der Waals surface area contributed by atoms with Gasteiger partial charge in [0.25, 0.3) is 5.91 Å². The molecule has 5 heteroatoms. The number of benzene rings is 2. The van der Waals surface area contributed by atoms with E-state index in [0.29, 0.717) is 12.2 Å². The molecule has 0 saturated heterocycles. The number of hydrogen-bond donors (Lipinski definition) is 1. The van der Waals surface area contributed by atoms with Gasteiger partial charge in [-0.15, -0.1) is 0 Å². The van der Waals surface area contributed by atoms with Gasteiger partial charge in [-0.2, -0.15) is 0 Å². The summed E-state index contributed by atoms with van der Waals surface area (Å²) in [4.78, 5) is 18.6. The predicted octanol–water partition coefficient (Wildman–Crippen LogP) is 4.50. The maximum absolute atomic E-state index is 12.8. The third kappa shape index (κ3) is 4.00. The van der Waals surface area contributed by atoms with E-state index < -0.39 is 0 Å². The molecule has 0 fully saturated rings. The van der Waals surface area contributed by atoms with Crippen molar-refractivity contribution >= 4 is 23.0 Å². The van der Waals surface area contributed by atoms with Gasteiger partial charge in [0.05, 0.1) is 29.7 Å². The zero-order valence-corrected chi connectivity index (χ0v) is 14.8. The molecule has 0 unspecified atom stereocenters. The molecule has 5 nitrogen and oxygen atoms in total. The largest absolute Gasteiger partial charge is 0.492 e. The van der Waals surface area contributed by atoms with Crippen LogP contribution < -0.4 is 15.0 Å². The Bertz CT molecular complexity index is 881. The number of nitrogens with one attached hydrogen (secondary N) is 1. The molecule has 1 aromatic heterocycles. The number of amides is 1. The van der Waals surface area contributed by atoms with Crippen molar-refractivity contribution in [2.24, 2.45) is 0 Å². The predicted molar refractivity (Wildman–Crippen MR) is 104 cm³/mol. The molecule has 3 rings (SSSR count). The molecule has 0 saturated carbocycles. The number of rotatable bonds is 6. The molecular weight excluding hydrogens is 326 g/mol. The highest BCUT2D eigenvalue weighted by Crippen LogP contribution is 2.27. The van der Waals surface area contributed by atoms with Gasteiger partial charge in [0, 0.05) is 18.9 Å². The number of pyridine rings is 1. The summed E-state index contributed by atoms with van der Waals surface area (Å²) in [5, 5.41) is 3.27. The van der Waals surface area contributed by atoms with Crippen molar-refractivity contribution in [3.8, 4) is 5.75 Å². The van der Waals surface area contributed by atoms with Crippen molar-refractivity contribution in [2.75, 3.05) is 23.9 Å². The zero-order chi connectivity index (χ0) is 18.4. The summed E-state index contributed by atoms with van der Waals surface area (Å²) in [6.45, 7) is 2.52. The van der Waals surface area contributed by atoms with Gasteiger partial charge in [0.1, 0.15) is 5.75 Å². The Labute approximate surface area is 153 Å². The molecule has 0 radical (unpaired) electrons. The highest BCUT2D eigenvalue weighted by Gasteiger charge is 2.14. The van der Waals surface area contributed by atoms with Crippen LogP contribution in [0.5, 0.6) is 5.75 Å². The molecule has 1 heterocycles. The van der Waals surface area contributed by atoms with Crippen LogP contribution in [0.1, 0.15) is 17.3 Å². The van der Waals surface area contributed by atoms with Crippen LogP contribution in [0, 0.1) is 0 Å². The van der Waals surface area contributed by atoms with Crippen molar-refractivity contribution in [3.63, 3.8) is 0 Å². The molecule has 0 bridgehead atoms. The van der Waals surface area contributed by atoms with E-state index in [-0.39, 0.29) is 5.91 Å². The Kier molecular flexibility index (Phi) is 5.49. The quantitative estimate of drug-likeness (QED) is 0.713. The van der Waals surface area contributed by atoms with Crippen molar-refractivity contribution in [1.29, 1.82) is 0 Å². The van der Waals surface area contributed by atoms with E-state index in [1.54, 1.807) is 30.4 Å². The first-order valence-corrected chi connectivity index (χ1v) is 8.46. The van der Waals surface area contributed by atoms with Crippen molar-refractivity contribution in [1.82, 2.24) is 4.98 Å². The van der Waals surface area contributed by atoms with Crippen LogP contribution in [0.2, 0.25) is 0 Å². The van der Waals surface area contributed by atoms with Crippen molar-refractivity contribution < 1.29 is 9.53 Å². The lowest BCUT2D eigenvalue weighted by Crippen LogP contribution is -2.26. The van der Waals surface area contributed by atoms with Gasteiger partial charge in [-0.05, 0) is 37.3 Å². The summed E-state index contributed by atoms with van der Waals surface area (Å²) in [5.74, 6) is 0.638. The first-order valence-electron chi connectivity index (χ1n) is 8.46. The number of anilines is 3. The molecule has 26 heavy (non-hydrogen) atoms. The smallest absolute Gasteiger partial charge is 0.259 e. The van der Waals surface area contributed by atoms with Gasteiger partial charge < -0.3 is 15.0 Å². The van der Waals surface area contributed by atoms with Crippen LogP contribution in [-0.4, -0.2) is 24.5 Å². The molecule has 0 aliphatic heterocycles. The van der Waals surface area contributed by atoms with Crippen LogP contribution in [0.15, 0.2) is 73.1 Å². The summed E-state index contributed by atoms with van der Waals surface area (Å²) >= 11 is 0. The van der Waals surface area contributed by atoms with Crippen LogP contribution in [0.4, 0.5) is 17.1 Å². The van der Waals surface area contributed by atoms with E-state index in [1.165, 1.54) is 0 Å². The molecule has 2 aromatic carbocycles. The van der Waals surface area contributed by atoms with Crippen molar-refractivity contribution in [2.45, 2.75) is 6.92 Å². The standard InChI is InChI=1S/C21H21N3O2/c1-3-26-20-12-8-7-11-19(20)23-17-13-16(14-22-15-17)21(25)24(2)18-9-5-4-6-10-18/h4-15,23H,3H2,1-2H3. The van der Waals surface area contributed by atoms with E-state index in [0.717, 1.165) is 22.8 Å². The minimum atomic E-state index is -0.120. The molecule has 0 spiro atoms. The highest BCUT2D eigenvalue weighted by molar-refractivity contribution is 6.06. The Morgan fingerprint density at radius 3 is 2.58 bits per heavy atom. The first kappa shape index (κ1) is 17.5. The van der Waals surface area contributed by atoms with Gasteiger partial charge in [-0.1, -0.05) is 30.3 Å². The zero-order valence-electron chi connectivity index (χ0n) is 14.8. The van der Waals surface area contributed by atoms with Crippen molar-refractivity contribution in [3.05, 3.63) is 78.6 Å². The van der Waals surface area contributed by atoms with E-state index in [1.807, 2.05) is 61.5 Å². The second kappa shape index (κ2) is 8.16. The fourth-order valence-electron chi connectivity index (χ4n) is 2.59. The lowest BCUT2D eigenvalue weighted by atomic mass is 10.2. The highest BCUT2D eigenvalue weighted by atomic mass is 16.5. The molecule has 1 N–H and O–H groups in total. The maximum atomic E-state index is 12.8. The average Bonchev–Trinajstić information content (AvgIpc) is 2.69. The van der Waals surface area contributed by atoms with Crippen LogP contribution in [-0.2, 0) is 0 Å². The fourth-order valence-corrected chi connectivity index (χ4v) is 2.59. The number of ether oxygens (including phenoxy) is 1. The molecule has 3 aromatic rings. The first-order chi connectivity index (χ1) is 12.7. The number of aromatic nitrogens is 1. The van der Waals surface area contributed by atoms with E-state index in [9.17, 15) is 4.79 Å². The maximum Gasteiger partial charge on any atom is 0.259 e. The average molecular weight is 347 g/mol. The van der Waals surface area contributed by atoms with Crippen LogP contribution >= 0.6 is 0 Å².